The maximum atomic E-state index is 14.2. The number of halogens is 1. The smallest absolute Gasteiger partial charge is 0.109 e. The van der Waals surface area contributed by atoms with Crippen LogP contribution in [0.4, 0.5) is 4.39 Å². The molecule has 0 aromatic heterocycles. The quantitative estimate of drug-likeness (QED) is 0.658. The maximum Gasteiger partial charge on any atom is 0.109 e. The van der Waals surface area contributed by atoms with Gasteiger partial charge in [-0.2, -0.15) is 0 Å². The Balaban J connectivity index is 2.08. The minimum absolute atomic E-state index is 0.411. The number of hydrogen-bond acceptors (Lipinski definition) is 0. The van der Waals surface area contributed by atoms with Gasteiger partial charge < -0.3 is 0 Å². The predicted octanol–water partition coefficient (Wildman–Crippen LogP) is 5.94. The molecule has 1 aliphatic rings. The normalized spacial score (nSPS) is 14.4. The summed E-state index contributed by atoms with van der Waals surface area (Å²) in [6.45, 7) is 9.65. The van der Waals surface area contributed by atoms with Crippen molar-refractivity contribution >= 4 is 11.6 Å². The maximum absolute atomic E-state index is 14.2. The monoisotopic (exact) mass is 306 g/mol. The van der Waals surface area contributed by atoms with E-state index < -0.39 is 5.67 Å². The van der Waals surface area contributed by atoms with Crippen molar-refractivity contribution in [3.8, 4) is 0 Å². The van der Waals surface area contributed by atoms with Gasteiger partial charge in [0, 0.05) is 6.42 Å². The number of allylic oxidation sites excluding steroid dienone is 2. The van der Waals surface area contributed by atoms with Crippen LogP contribution in [0.5, 0.6) is 0 Å². The first-order chi connectivity index (χ1) is 10.8. The second-order valence-electron chi connectivity index (χ2n) is 7.09. The van der Waals surface area contributed by atoms with Crippen LogP contribution in [0.3, 0.4) is 0 Å². The van der Waals surface area contributed by atoms with Crippen molar-refractivity contribution in [2.45, 2.75) is 39.3 Å². The van der Waals surface area contributed by atoms with Crippen molar-refractivity contribution in [3.63, 3.8) is 0 Å². The summed E-state index contributed by atoms with van der Waals surface area (Å²) in [4.78, 5) is 0. The molecule has 0 unspecified atom stereocenters. The average Bonchev–Trinajstić information content (AvgIpc) is 2.45. The lowest BCUT2D eigenvalue weighted by molar-refractivity contribution is 0.217. The molecule has 0 radical (unpaired) electrons. The van der Waals surface area contributed by atoms with Crippen molar-refractivity contribution in [2.75, 3.05) is 0 Å². The van der Waals surface area contributed by atoms with E-state index in [2.05, 4.69) is 43.8 Å². The molecule has 0 fully saturated rings. The van der Waals surface area contributed by atoms with E-state index in [4.69, 9.17) is 0 Å². The molecule has 1 heteroatoms. The van der Waals surface area contributed by atoms with Gasteiger partial charge in [-0.1, -0.05) is 54.6 Å². The largest absolute Gasteiger partial charge is 0.244 e. The number of hydrogen-bond donors (Lipinski definition) is 0. The van der Waals surface area contributed by atoms with Crippen LogP contribution >= 0.6 is 0 Å². The molecular weight excluding hydrogens is 283 g/mol. The number of benzene rings is 2. The third kappa shape index (κ3) is 3.44. The van der Waals surface area contributed by atoms with Crippen LogP contribution in [0.25, 0.3) is 11.6 Å². The van der Waals surface area contributed by atoms with Crippen molar-refractivity contribution in [2.24, 2.45) is 0 Å². The number of alkyl halides is 1. The zero-order valence-corrected chi connectivity index (χ0v) is 14.1. The molecular formula is C22H23F. The van der Waals surface area contributed by atoms with Gasteiger partial charge in [0.2, 0.25) is 0 Å². The van der Waals surface area contributed by atoms with Gasteiger partial charge in [0.1, 0.15) is 5.67 Å². The molecule has 0 N–H and O–H groups in total. The Hall–Kier alpha value is -2.15. The molecule has 0 heterocycles. The highest BCUT2D eigenvalue weighted by Gasteiger charge is 2.22. The molecule has 23 heavy (non-hydrogen) atoms. The van der Waals surface area contributed by atoms with Crippen LogP contribution in [0.15, 0.2) is 54.6 Å². The van der Waals surface area contributed by atoms with Gasteiger partial charge in [0.15, 0.2) is 0 Å². The zero-order chi connectivity index (χ0) is 16.6. The molecule has 118 valence electrons. The van der Waals surface area contributed by atoms with Gasteiger partial charge in [0.25, 0.3) is 0 Å². The standard InChI is InChI=1S/C22H23F/c1-15-9-10-17-13-21(16(2)12-19(17)11-15)20-8-6-5-7-18(20)14-22(3,4)23/h5-11,13H,2,12,14H2,1,3-4H3. The Morgan fingerprint density at radius 1 is 1.13 bits per heavy atom. The van der Waals surface area contributed by atoms with E-state index in [-0.39, 0.29) is 0 Å². The minimum Gasteiger partial charge on any atom is -0.244 e. The molecule has 0 saturated carbocycles. The van der Waals surface area contributed by atoms with E-state index in [1.807, 2.05) is 18.2 Å². The molecule has 0 atom stereocenters. The molecule has 0 nitrogen and oxygen atoms in total. The fourth-order valence-corrected chi connectivity index (χ4v) is 3.27. The Bertz CT molecular complexity index is 788. The zero-order valence-electron chi connectivity index (χ0n) is 14.1. The summed E-state index contributed by atoms with van der Waals surface area (Å²) in [5.74, 6) is 0. The summed E-state index contributed by atoms with van der Waals surface area (Å²) in [5.41, 5.74) is 7.01. The van der Waals surface area contributed by atoms with Crippen molar-refractivity contribution in [3.05, 3.63) is 82.4 Å². The second kappa shape index (κ2) is 5.81. The van der Waals surface area contributed by atoms with E-state index >= 15 is 0 Å². The molecule has 1 aliphatic carbocycles. The summed E-state index contributed by atoms with van der Waals surface area (Å²) in [7, 11) is 0. The van der Waals surface area contributed by atoms with Gasteiger partial charge in [-0.3, -0.25) is 0 Å². The Morgan fingerprint density at radius 3 is 2.61 bits per heavy atom. The summed E-state index contributed by atoms with van der Waals surface area (Å²) in [5, 5.41) is 0. The summed E-state index contributed by atoms with van der Waals surface area (Å²) in [6.07, 6.45) is 3.47. The first kappa shape index (κ1) is 15.7. The van der Waals surface area contributed by atoms with E-state index in [0.717, 1.165) is 28.7 Å². The third-order valence-corrected chi connectivity index (χ3v) is 4.30. The number of rotatable bonds is 3. The molecule has 0 amide bonds. The summed E-state index contributed by atoms with van der Waals surface area (Å²) in [6, 6.07) is 14.6. The van der Waals surface area contributed by atoms with Crippen molar-refractivity contribution in [1.29, 1.82) is 0 Å². The summed E-state index contributed by atoms with van der Waals surface area (Å²) < 4.78 is 14.2. The lowest BCUT2D eigenvalue weighted by atomic mass is 9.82. The van der Waals surface area contributed by atoms with Gasteiger partial charge in [-0.15, -0.1) is 0 Å². The number of fused-ring (bicyclic) bond motifs is 1. The molecule has 0 bridgehead atoms. The Morgan fingerprint density at radius 2 is 1.87 bits per heavy atom. The third-order valence-electron chi connectivity index (χ3n) is 4.30. The van der Waals surface area contributed by atoms with E-state index in [1.54, 1.807) is 13.8 Å². The Labute approximate surface area is 138 Å². The topological polar surface area (TPSA) is 0 Å². The van der Waals surface area contributed by atoms with Crippen LogP contribution in [0.2, 0.25) is 0 Å². The van der Waals surface area contributed by atoms with Crippen LogP contribution in [-0.4, -0.2) is 5.67 Å². The molecule has 2 aromatic carbocycles. The average molecular weight is 306 g/mol. The predicted molar refractivity (Wildman–Crippen MR) is 97.2 cm³/mol. The number of aryl methyl sites for hydroxylation is 1. The molecule has 0 aliphatic heterocycles. The van der Waals surface area contributed by atoms with Crippen LogP contribution < -0.4 is 0 Å². The lowest BCUT2D eigenvalue weighted by Crippen LogP contribution is -2.17. The van der Waals surface area contributed by atoms with Gasteiger partial charge in [-0.05, 0) is 66.7 Å². The molecule has 0 saturated heterocycles. The minimum atomic E-state index is -1.22. The highest BCUT2D eigenvalue weighted by atomic mass is 19.1. The van der Waals surface area contributed by atoms with Crippen molar-refractivity contribution in [1.82, 2.24) is 0 Å². The fourth-order valence-electron chi connectivity index (χ4n) is 3.27. The fraction of sp³-hybridized carbons (Fsp3) is 0.273. The first-order valence-electron chi connectivity index (χ1n) is 8.10. The molecule has 2 aromatic rings. The van der Waals surface area contributed by atoms with Gasteiger partial charge >= 0.3 is 0 Å². The highest BCUT2D eigenvalue weighted by molar-refractivity contribution is 5.94. The van der Waals surface area contributed by atoms with Gasteiger partial charge in [-0.25, -0.2) is 4.39 Å². The van der Waals surface area contributed by atoms with E-state index in [9.17, 15) is 4.39 Å². The van der Waals surface area contributed by atoms with Gasteiger partial charge in [0.05, 0.1) is 0 Å². The van der Waals surface area contributed by atoms with E-state index in [0.29, 0.717) is 6.42 Å². The van der Waals surface area contributed by atoms with Crippen LogP contribution in [0.1, 0.15) is 41.7 Å². The molecule has 3 rings (SSSR count). The first-order valence-corrected chi connectivity index (χ1v) is 8.10. The van der Waals surface area contributed by atoms with Crippen molar-refractivity contribution < 1.29 is 4.39 Å². The van der Waals surface area contributed by atoms with Crippen LogP contribution in [0, 0.1) is 6.92 Å². The Kier molecular flexibility index (Phi) is 3.97. The van der Waals surface area contributed by atoms with E-state index in [1.165, 1.54) is 16.7 Å². The highest BCUT2D eigenvalue weighted by Crippen LogP contribution is 2.36. The summed E-state index contributed by atoms with van der Waals surface area (Å²) >= 11 is 0. The lowest BCUT2D eigenvalue weighted by Gasteiger charge is -2.23. The molecule has 0 spiro atoms. The SMILES string of the molecule is C=C1Cc2cc(C)ccc2C=C1c1ccccc1CC(C)(C)F. The van der Waals surface area contributed by atoms with Crippen LogP contribution in [-0.2, 0) is 12.8 Å². The second-order valence-corrected chi connectivity index (χ2v) is 7.09.